The number of ketones is 1. The highest BCUT2D eigenvalue weighted by Gasteiger charge is 2.45. The molecule has 11 nitrogen and oxygen atoms in total. The standard InChI is InChI=1S/C28H33BrN6O5/c1-32-26-24(25(37)31-27(32)38)34(14-17-8-4-5-10-19(17)29)28(33-13-7-9-18(30)15-33)35(26)16-20(36)23-21(39-2)11-6-12-22(23)40-3/h4-6,8,10-12,18,28H,7,9,13-16,30H2,1-3H3,(H,31,37,38). The van der Waals surface area contributed by atoms with Gasteiger partial charge >= 0.3 is 5.69 Å². The zero-order chi connectivity index (χ0) is 28.6. The number of anilines is 2. The molecule has 3 N–H and O–H groups in total. The van der Waals surface area contributed by atoms with E-state index in [-0.39, 0.29) is 18.4 Å². The van der Waals surface area contributed by atoms with E-state index in [0.29, 0.717) is 48.2 Å². The maximum atomic E-state index is 14.0. The first-order chi connectivity index (χ1) is 19.2. The van der Waals surface area contributed by atoms with Crippen LogP contribution in [-0.2, 0) is 13.6 Å². The average molecular weight is 614 g/mol. The number of benzene rings is 2. The summed E-state index contributed by atoms with van der Waals surface area (Å²) in [7, 11) is 4.59. The Bertz CT molecular complexity index is 1520. The van der Waals surface area contributed by atoms with Crippen molar-refractivity contribution in [3.05, 3.63) is 78.9 Å². The number of nitrogens with two attached hydrogens (primary N) is 1. The second-order valence-electron chi connectivity index (χ2n) is 10.0. The normalized spacial score (nSPS) is 19.0. The Morgan fingerprint density at radius 2 is 1.77 bits per heavy atom. The van der Waals surface area contributed by atoms with Gasteiger partial charge in [-0.25, -0.2) is 4.79 Å². The van der Waals surface area contributed by atoms with Crippen LogP contribution in [0.1, 0.15) is 28.8 Å². The van der Waals surface area contributed by atoms with E-state index in [4.69, 9.17) is 15.2 Å². The van der Waals surface area contributed by atoms with Gasteiger partial charge in [0.1, 0.15) is 28.6 Å². The number of fused-ring (bicyclic) bond motifs is 1. The van der Waals surface area contributed by atoms with Gasteiger partial charge in [0.2, 0.25) is 0 Å². The van der Waals surface area contributed by atoms with Crippen LogP contribution in [-0.4, -0.2) is 66.4 Å². The summed E-state index contributed by atoms with van der Waals surface area (Å²) in [5.41, 5.74) is 6.90. The predicted octanol–water partition coefficient (Wildman–Crippen LogP) is 2.27. The summed E-state index contributed by atoms with van der Waals surface area (Å²) in [6, 6.07) is 12.9. The minimum Gasteiger partial charge on any atom is -0.496 e. The molecule has 2 atom stereocenters. The summed E-state index contributed by atoms with van der Waals surface area (Å²) in [4.78, 5) is 48.7. The molecule has 12 heteroatoms. The summed E-state index contributed by atoms with van der Waals surface area (Å²) < 4.78 is 13.3. The van der Waals surface area contributed by atoms with E-state index in [2.05, 4.69) is 25.8 Å². The Kier molecular flexibility index (Phi) is 8.02. The van der Waals surface area contributed by atoms with E-state index in [9.17, 15) is 14.4 Å². The second-order valence-corrected chi connectivity index (χ2v) is 10.9. The minimum absolute atomic E-state index is 0.0586. The highest BCUT2D eigenvalue weighted by Crippen LogP contribution is 2.40. The minimum atomic E-state index is -0.562. The molecule has 1 saturated heterocycles. The van der Waals surface area contributed by atoms with Gasteiger partial charge in [0.05, 0.1) is 20.8 Å². The SMILES string of the molecule is COc1cccc(OC)c1C(=O)CN1c2c(c(=O)[nH]c(=O)n2C)N(Cc2ccccc2Br)C1N1CCCC(N)C1. The fourth-order valence-electron chi connectivity index (χ4n) is 5.71. The molecule has 3 heterocycles. The monoisotopic (exact) mass is 612 g/mol. The topological polar surface area (TPSA) is 126 Å². The van der Waals surface area contributed by atoms with Crippen molar-refractivity contribution >= 4 is 33.2 Å². The largest absolute Gasteiger partial charge is 0.496 e. The van der Waals surface area contributed by atoms with E-state index < -0.39 is 17.5 Å². The third-order valence-corrected chi connectivity index (χ3v) is 8.30. The highest BCUT2D eigenvalue weighted by molar-refractivity contribution is 9.10. The van der Waals surface area contributed by atoms with E-state index >= 15 is 0 Å². The smallest absolute Gasteiger partial charge is 0.329 e. The molecule has 2 aromatic carbocycles. The molecular weight excluding hydrogens is 580 g/mol. The van der Waals surface area contributed by atoms with Gasteiger partial charge in [0.25, 0.3) is 5.56 Å². The van der Waals surface area contributed by atoms with Crippen LogP contribution in [0, 0.1) is 0 Å². The lowest BCUT2D eigenvalue weighted by atomic mass is 10.1. The first kappa shape index (κ1) is 27.9. The van der Waals surface area contributed by atoms with Crippen LogP contribution in [0.25, 0.3) is 0 Å². The highest BCUT2D eigenvalue weighted by atomic mass is 79.9. The molecule has 0 saturated carbocycles. The zero-order valence-corrected chi connectivity index (χ0v) is 24.3. The van der Waals surface area contributed by atoms with E-state index in [1.54, 1.807) is 25.2 Å². The lowest BCUT2D eigenvalue weighted by Crippen LogP contribution is -2.60. The van der Waals surface area contributed by atoms with Crippen LogP contribution in [0.15, 0.2) is 56.5 Å². The first-order valence-electron chi connectivity index (χ1n) is 13.1. The van der Waals surface area contributed by atoms with Crippen LogP contribution >= 0.6 is 15.9 Å². The quantitative estimate of drug-likeness (QED) is 0.368. The molecule has 0 bridgehead atoms. The Morgan fingerprint density at radius 3 is 2.42 bits per heavy atom. The van der Waals surface area contributed by atoms with E-state index in [1.807, 2.05) is 34.1 Å². The number of H-pyrrole nitrogens is 1. The summed E-state index contributed by atoms with van der Waals surface area (Å²) in [6.45, 7) is 1.51. The van der Waals surface area contributed by atoms with Crippen molar-refractivity contribution in [3.8, 4) is 11.5 Å². The predicted molar refractivity (Wildman–Crippen MR) is 156 cm³/mol. The van der Waals surface area contributed by atoms with Crippen molar-refractivity contribution in [2.24, 2.45) is 12.8 Å². The Morgan fingerprint density at radius 1 is 1.07 bits per heavy atom. The van der Waals surface area contributed by atoms with Crippen molar-refractivity contribution in [3.63, 3.8) is 0 Å². The van der Waals surface area contributed by atoms with Crippen LogP contribution in [0.4, 0.5) is 11.5 Å². The van der Waals surface area contributed by atoms with Crippen molar-refractivity contribution in [2.75, 3.05) is 43.7 Å². The maximum Gasteiger partial charge on any atom is 0.329 e. The summed E-state index contributed by atoms with van der Waals surface area (Å²) in [5.74, 6) is 0.851. The average Bonchev–Trinajstić information content (AvgIpc) is 3.26. The molecule has 0 spiro atoms. The number of hydrogen-bond acceptors (Lipinski definition) is 9. The number of carbonyl (C=O) groups excluding carboxylic acids is 1. The molecule has 1 fully saturated rings. The van der Waals surface area contributed by atoms with Gasteiger partial charge in [0.15, 0.2) is 12.1 Å². The summed E-state index contributed by atoms with van der Waals surface area (Å²) in [5, 5.41) is 0. The number of methoxy groups -OCH3 is 2. The van der Waals surface area contributed by atoms with Gasteiger partial charge < -0.3 is 25.0 Å². The van der Waals surface area contributed by atoms with E-state index in [1.165, 1.54) is 18.8 Å². The molecule has 0 amide bonds. The Balaban J connectivity index is 1.67. The molecule has 2 unspecified atom stereocenters. The summed E-state index contributed by atoms with van der Waals surface area (Å²) in [6.07, 6.45) is 1.21. The molecule has 0 radical (unpaired) electrons. The number of likely N-dealkylation sites (tertiary alicyclic amines) is 1. The van der Waals surface area contributed by atoms with Gasteiger partial charge in [-0.05, 0) is 36.6 Å². The third-order valence-electron chi connectivity index (χ3n) is 7.52. The fourth-order valence-corrected chi connectivity index (χ4v) is 6.12. The van der Waals surface area contributed by atoms with Gasteiger partial charge in [-0.15, -0.1) is 0 Å². The number of Topliss-reactive ketones (excluding diaryl/α,β-unsaturated/α-hetero) is 1. The van der Waals surface area contributed by atoms with Crippen LogP contribution in [0.5, 0.6) is 11.5 Å². The lowest BCUT2D eigenvalue weighted by molar-refractivity contribution is 0.0967. The molecular formula is C28H33BrN6O5. The van der Waals surface area contributed by atoms with Crippen molar-refractivity contribution in [2.45, 2.75) is 31.7 Å². The molecule has 1 aromatic heterocycles. The molecule has 5 rings (SSSR count). The van der Waals surface area contributed by atoms with Crippen molar-refractivity contribution < 1.29 is 14.3 Å². The molecule has 2 aliphatic heterocycles. The number of hydrogen-bond donors (Lipinski definition) is 2. The van der Waals surface area contributed by atoms with Crippen LogP contribution in [0.3, 0.4) is 0 Å². The molecule has 2 aliphatic rings. The lowest BCUT2D eigenvalue weighted by Gasteiger charge is -2.43. The number of ether oxygens (including phenoxy) is 2. The number of aromatic amines is 1. The number of nitrogens with one attached hydrogen (secondary N) is 1. The fraction of sp³-hybridized carbons (Fsp3) is 0.393. The first-order valence-corrected chi connectivity index (χ1v) is 13.9. The number of rotatable bonds is 8. The van der Waals surface area contributed by atoms with Crippen LogP contribution < -0.4 is 36.3 Å². The Hall–Kier alpha value is -3.61. The summed E-state index contributed by atoms with van der Waals surface area (Å²) >= 11 is 3.63. The molecule has 212 valence electrons. The third kappa shape index (κ3) is 5.02. The van der Waals surface area contributed by atoms with E-state index in [0.717, 1.165) is 22.9 Å². The van der Waals surface area contributed by atoms with Gasteiger partial charge in [-0.2, -0.15) is 0 Å². The van der Waals surface area contributed by atoms with Gasteiger partial charge in [-0.1, -0.05) is 40.2 Å². The molecule has 3 aromatic rings. The zero-order valence-electron chi connectivity index (χ0n) is 22.7. The maximum absolute atomic E-state index is 14.0. The Labute approximate surface area is 240 Å². The number of halogens is 1. The van der Waals surface area contributed by atoms with Gasteiger partial charge in [0, 0.05) is 37.2 Å². The number of piperidine rings is 1. The van der Waals surface area contributed by atoms with Gasteiger partial charge in [-0.3, -0.25) is 24.0 Å². The number of nitrogens with zero attached hydrogens (tertiary/aromatic N) is 4. The molecule has 40 heavy (non-hydrogen) atoms. The second kappa shape index (κ2) is 11.5. The van der Waals surface area contributed by atoms with Crippen molar-refractivity contribution in [1.29, 1.82) is 0 Å². The number of carbonyl (C=O) groups is 1. The molecule has 0 aliphatic carbocycles. The number of aromatic nitrogens is 2. The van der Waals surface area contributed by atoms with Crippen LogP contribution in [0.2, 0.25) is 0 Å². The van der Waals surface area contributed by atoms with Crippen molar-refractivity contribution in [1.82, 2.24) is 14.5 Å².